The van der Waals surface area contributed by atoms with Gasteiger partial charge in [-0.2, -0.15) is 0 Å². The van der Waals surface area contributed by atoms with E-state index >= 15 is 0 Å². The maximum atomic E-state index is 13.0. The molecule has 0 aromatic heterocycles. The molecule has 0 saturated carbocycles. The first-order valence-corrected chi connectivity index (χ1v) is 9.40. The van der Waals surface area contributed by atoms with Crippen LogP contribution in [0.3, 0.4) is 0 Å². The normalized spacial score (nSPS) is 20.5. The second-order valence-corrected chi connectivity index (χ2v) is 9.04. The van der Waals surface area contributed by atoms with Crippen molar-refractivity contribution in [1.82, 2.24) is 15.5 Å². The average molecular weight is 386 g/mol. The van der Waals surface area contributed by atoms with Crippen molar-refractivity contribution >= 4 is 18.0 Å². The topological polar surface area (TPSA) is 97.0 Å². The predicted molar refractivity (Wildman–Crippen MR) is 102 cm³/mol. The van der Waals surface area contributed by atoms with E-state index in [-0.39, 0.29) is 11.9 Å². The van der Waals surface area contributed by atoms with Gasteiger partial charge in [0.1, 0.15) is 17.7 Å². The summed E-state index contributed by atoms with van der Waals surface area (Å²) in [5.74, 6) is -0.618. The molecule has 0 aromatic rings. The van der Waals surface area contributed by atoms with Crippen LogP contribution in [-0.2, 0) is 19.1 Å². The number of methoxy groups -OCH3 is 1. The molecule has 1 heterocycles. The zero-order valence-corrected chi connectivity index (χ0v) is 17.8. The van der Waals surface area contributed by atoms with Crippen LogP contribution >= 0.6 is 0 Å². The number of esters is 1. The molecule has 3 atom stereocenters. The minimum absolute atomic E-state index is 0.248. The molecule has 1 saturated heterocycles. The number of ether oxygens (including phenoxy) is 2. The lowest BCUT2D eigenvalue weighted by atomic mass is 10.0. The van der Waals surface area contributed by atoms with E-state index < -0.39 is 35.4 Å². The summed E-state index contributed by atoms with van der Waals surface area (Å²) in [5, 5.41) is 5.69. The summed E-state index contributed by atoms with van der Waals surface area (Å²) in [7, 11) is 1.34. The van der Waals surface area contributed by atoms with Crippen molar-refractivity contribution in [1.29, 1.82) is 0 Å². The second-order valence-electron chi connectivity index (χ2n) is 9.04. The number of carbonyl (C=O) groups excluding carboxylic acids is 3. The lowest BCUT2D eigenvalue weighted by Crippen LogP contribution is -2.62. The Morgan fingerprint density at radius 1 is 1.11 bits per heavy atom. The number of amides is 2. The average Bonchev–Trinajstić information content (AvgIpc) is 2.91. The lowest BCUT2D eigenvalue weighted by molar-refractivity contribution is -0.148. The maximum Gasteiger partial charge on any atom is 0.407 e. The van der Waals surface area contributed by atoms with Crippen molar-refractivity contribution in [2.24, 2.45) is 0 Å². The van der Waals surface area contributed by atoms with Crippen LogP contribution in [0.15, 0.2) is 0 Å². The van der Waals surface area contributed by atoms with Gasteiger partial charge in [-0.15, -0.1) is 0 Å². The number of likely N-dealkylation sites (tertiary alicyclic amines) is 1. The minimum Gasteiger partial charge on any atom is -0.468 e. The molecule has 0 radical (unpaired) electrons. The molecule has 1 fully saturated rings. The van der Waals surface area contributed by atoms with E-state index in [4.69, 9.17) is 9.47 Å². The van der Waals surface area contributed by atoms with Gasteiger partial charge in [0, 0.05) is 5.54 Å². The number of hydrogen-bond acceptors (Lipinski definition) is 6. The molecule has 156 valence electrons. The molecule has 1 aliphatic rings. The van der Waals surface area contributed by atoms with E-state index in [1.165, 1.54) is 7.11 Å². The van der Waals surface area contributed by atoms with Crippen LogP contribution < -0.4 is 10.6 Å². The van der Waals surface area contributed by atoms with Crippen LogP contribution in [0.5, 0.6) is 0 Å². The standard InChI is InChI=1S/C19H35N3O5/c1-12(20-17(25)27-19(5,6)7)14(15(23)21-18(2,3)4)22-11-9-10-13(22)16(24)26-8/h12-14H,9-11H2,1-8H3,(H,20,25)(H,21,23)/t12-,13-,14-/m0/s1. The molecule has 1 aliphatic heterocycles. The molecular formula is C19H35N3O5. The first-order valence-electron chi connectivity index (χ1n) is 9.40. The highest BCUT2D eigenvalue weighted by Gasteiger charge is 2.43. The monoisotopic (exact) mass is 385 g/mol. The van der Waals surface area contributed by atoms with Crippen molar-refractivity contribution in [2.45, 2.75) is 90.6 Å². The summed E-state index contributed by atoms with van der Waals surface area (Å²) >= 11 is 0. The summed E-state index contributed by atoms with van der Waals surface area (Å²) in [5.41, 5.74) is -1.09. The molecule has 8 nitrogen and oxygen atoms in total. The summed E-state index contributed by atoms with van der Waals surface area (Å²) in [6, 6.07) is -1.79. The Morgan fingerprint density at radius 3 is 2.19 bits per heavy atom. The van der Waals surface area contributed by atoms with E-state index in [0.29, 0.717) is 13.0 Å². The van der Waals surface area contributed by atoms with Crippen LogP contribution in [0, 0.1) is 0 Å². The number of nitrogens with zero attached hydrogens (tertiary/aromatic N) is 1. The van der Waals surface area contributed by atoms with Gasteiger partial charge in [-0.25, -0.2) is 4.79 Å². The molecular weight excluding hydrogens is 350 g/mol. The summed E-state index contributed by atoms with van der Waals surface area (Å²) in [6.45, 7) is 13.3. The zero-order valence-electron chi connectivity index (χ0n) is 17.8. The number of alkyl carbamates (subject to hydrolysis) is 1. The molecule has 27 heavy (non-hydrogen) atoms. The Hall–Kier alpha value is -1.83. The van der Waals surface area contributed by atoms with Crippen LogP contribution in [0.1, 0.15) is 61.3 Å². The van der Waals surface area contributed by atoms with E-state index in [1.54, 1.807) is 27.7 Å². The molecule has 1 rings (SSSR count). The SMILES string of the molecule is COC(=O)[C@@H]1CCCN1[C@H](C(=O)NC(C)(C)C)[C@H](C)NC(=O)OC(C)(C)C. The highest BCUT2D eigenvalue weighted by Crippen LogP contribution is 2.24. The Bertz CT molecular complexity index is 551. The smallest absolute Gasteiger partial charge is 0.407 e. The first-order chi connectivity index (χ1) is 12.2. The summed E-state index contributed by atoms with van der Waals surface area (Å²) in [4.78, 5) is 39.2. The van der Waals surface area contributed by atoms with Crippen molar-refractivity contribution in [2.75, 3.05) is 13.7 Å². The molecule has 2 N–H and O–H groups in total. The zero-order chi connectivity index (χ0) is 21.0. The molecule has 0 aromatic carbocycles. The minimum atomic E-state index is -0.719. The van der Waals surface area contributed by atoms with E-state index in [1.807, 2.05) is 25.7 Å². The van der Waals surface area contributed by atoms with Crippen LogP contribution in [-0.4, -0.2) is 65.8 Å². The van der Waals surface area contributed by atoms with Gasteiger partial charge < -0.3 is 20.1 Å². The number of nitrogens with one attached hydrogen (secondary N) is 2. The van der Waals surface area contributed by atoms with Gasteiger partial charge in [0.25, 0.3) is 0 Å². The maximum absolute atomic E-state index is 13.0. The van der Waals surface area contributed by atoms with Gasteiger partial charge in [-0.05, 0) is 67.9 Å². The number of hydrogen-bond donors (Lipinski definition) is 2. The van der Waals surface area contributed by atoms with Crippen molar-refractivity contribution in [3.05, 3.63) is 0 Å². The molecule has 0 spiro atoms. The first kappa shape index (κ1) is 23.2. The van der Waals surface area contributed by atoms with E-state index in [0.717, 1.165) is 6.42 Å². The third kappa shape index (κ3) is 7.36. The Kier molecular flexibility index (Phi) is 7.66. The van der Waals surface area contributed by atoms with Gasteiger partial charge in [-0.3, -0.25) is 14.5 Å². The van der Waals surface area contributed by atoms with Gasteiger partial charge in [0.2, 0.25) is 5.91 Å². The fraction of sp³-hybridized carbons (Fsp3) is 0.842. The number of carbonyl (C=O) groups is 3. The fourth-order valence-corrected chi connectivity index (χ4v) is 3.19. The summed E-state index contributed by atoms with van der Waals surface area (Å²) < 4.78 is 10.2. The van der Waals surface area contributed by atoms with Crippen molar-refractivity contribution in [3.63, 3.8) is 0 Å². The molecule has 8 heteroatoms. The van der Waals surface area contributed by atoms with Crippen LogP contribution in [0.2, 0.25) is 0 Å². The van der Waals surface area contributed by atoms with Gasteiger partial charge in [0.05, 0.1) is 13.2 Å². The Labute approximate surface area is 162 Å². The van der Waals surface area contributed by atoms with E-state index in [9.17, 15) is 14.4 Å². The molecule has 0 unspecified atom stereocenters. The van der Waals surface area contributed by atoms with Gasteiger partial charge in [0.15, 0.2) is 0 Å². The molecule has 2 amide bonds. The predicted octanol–water partition coefficient (Wildman–Crippen LogP) is 1.82. The quantitative estimate of drug-likeness (QED) is 0.701. The van der Waals surface area contributed by atoms with Gasteiger partial charge in [-0.1, -0.05) is 0 Å². The Morgan fingerprint density at radius 2 is 1.70 bits per heavy atom. The van der Waals surface area contributed by atoms with E-state index in [2.05, 4.69) is 10.6 Å². The molecule has 0 aliphatic carbocycles. The third-order valence-electron chi connectivity index (χ3n) is 4.11. The number of rotatable bonds is 5. The highest BCUT2D eigenvalue weighted by molar-refractivity contribution is 5.85. The fourth-order valence-electron chi connectivity index (χ4n) is 3.19. The van der Waals surface area contributed by atoms with Crippen LogP contribution in [0.4, 0.5) is 4.79 Å². The molecule has 0 bridgehead atoms. The lowest BCUT2D eigenvalue weighted by Gasteiger charge is -2.36. The second kappa shape index (κ2) is 8.91. The summed E-state index contributed by atoms with van der Waals surface area (Å²) in [6.07, 6.45) is 0.793. The van der Waals surface area contributed by atoms with Crippen LogP contribution in [0.25, 0.3) is 0 Å². The van der Waals surface area contributed by atoms with Gasteiger partial charge >= 0.3 is 12.1 Å². The van der Waals surface area contributed by atoms with Crippen molar-refractivity contribution < 1.29 is 23.9 Å². The third-order valence-corrected chi connectivity index (χ3v) is 4.11. The Balaban J connectivity index is 3.05. The highest BCUT2D eigenvalue weighted by atomic mass is 16.6. The van der Waals surface area contributed by atoms with Crippen molar-refractivity contribution in [3.8, 4) is 0 Å². The largest absolute Gasteiger partial charge is 0.468 e.